The number of anilines is 1. The first-order valence-electron chi connectivity index (χ1n) is 5.64. The topological polar surface area (TPSA) is 84.2 Å². The van der Waals surface area contributed by atoms with Crippen LogP contribution in [0.15, 0.2) is 30.0 Å². The Morgan fingerprint density at radius 3 is 2.95 bits per heavy atom. The molecule has 0 saturated carbocycles. The summed E-state index contributed by atoms with van der Waals surface area (Å²) in [6, 6.07) is 7.17. The molecule has 0 unspecified atom stereocenters. The van der Waals surface area contributed by atoms with Crippen molar-refractivity contribution >= 4 is 11.8 Å². The van der Waals surface area contributed by atoms with Crippen LogP contribution in [-0.4, -0.2) is 31.3 Å². The Labute approximate surface area is 111 Å². The van der Waals surface area contributed by atoms with E-state index in [0.717, 1.165) is 5.69 Å². The van der Waals surface area contributed by atoms with E-state index in [0.29, 0.717) is 5.82 Å². The molecule has 1 heterocycles. The molecule has 0 radical (unpaired) electrons. The van der Waals surface area contributed by atoms with Crippen LogP contribution in [0.1, 0.15) is 5.69 Å². The molecule has 19 heavy (non-hydrogen) atoms. The predicted molar refractivity (Wildman–Crippen MR) is 69.1 cm³/mol. The summed E-state index contributed by atoms with van der Waals surface area (Å²) in [6.07, 6.45) is 1.27. The molecular formula is C13H15N3O3. The average Bonchev–Trinajstić information content (AvgIpc) is 2.40. The number of hydrogen-bond acceptors (Lipinski definition) is 6. The largest absolute Gasteiger partial charge is 0.459 e. The molecule has 0 aliphatic carbocycles. The van der Waals surface area contributed by atoms with Crippen molar-refractivity contribution in [2.45, 2.75) is 6.92 Å². The fourth-order valence-electron chi connectivity index (χ4n) is 1.20. The number of nitrogens with zero attached hydrogens (tertiary/aromatic N) is 2. The van der Waals surface area contributed by atoms with Gasteiger partial charge in [0.15, 0.2) is 5.57 Å². The Kier molecular flexibility index (Phi) is 6.06. The van der Waals surface area contributed by atoms with Crippen LogP contribution in [0.2, 0.25) is 0 Å². The third-order valence-electron chi connectivity index (χ3n) is 2.11. The third-order valence-corrected chi connectivity index (χ3v) is 2.11. The monoisotopic (exact) mass is 261 g/mol. The van der Waals surface area contributed by atoms with Gasteiger partial charge in [-0.05, 0) is 19.1 Å². The summed E-state index contributed by atoms with van der Waals surface area (Å²) in [4.78, 5) is 15.7. The first-order chi connectivity index (χ1) is 9.17. The van der Waals surface area contributed by atoms with Crippen LogP contribution in [0.3, 0.4) is 0 Å². The zero-order valence-corrected chi connectivity index (χ0v) is 10.8. The van der Waals surface area contributed by atoms with Crippen LogP contribution in [-0.2, 0) is 14.3 Å². The Morgan fingerprint density at radius 2 is 2.32 bits per heavy atom. The molecular weight excluding hydrogens is 246 g/mol. The minimum atomic E-state index is -0.695. The second kappa shape index (κ2) is 7.84. The highest BCUT2D eigenvalue weighted by Crippen LogP contribution is 2.05. The second-order valence-corrected chi connectivity index (χ2v) is 3.61. The Bertz CT molecular complexity index is 506. The Hall–Kier alpha value is -2.39. The van der Waals surface area contributed by atoms with Gasteiger partial charge in [-0.25, -0.2) is 9.78 Å². The molecule has 0 atom stereocenters. The minimum Gasteiger partial charge on any atom is -0.459 e. The molecule has 1 rings (SSSR count). The maximum absolute atomic E-state index is 11.5. The van der Waals surface area contributed by atoms with Crippen LogP contribution >= 0.6 is 0 Å². The van der Waals surface area contributed by atoms with Gasteiger partial charge in [0.05, 0.1) is 6.61 Å². The number of ether oxygens (including phenoxy) is 2. The summed E-state index contributed by atoms with van der Waals surface area (Å²) < 4.78 is 9.58. The highest BCUT2D eigenvalue weighted by molar-refractivity contribution is 5.93. The Balaban J connectivity index is 2.62. The summed E-state index contributed by atoms with van der Waals surface area (Å²) in [5.74, 6) is -0.142. The molecule has 6 nitrogen and oxygen atoms in total. The molecule has 0 fully saturated rings. The van der Waals surface area contributed by atoms with Crippen molar-refractivity contribution in [2.75, 3.05) is 25.6 Å². The van der Waals surface area contributed by atoms with Gasteiger partial charge in [-0.15, -0.1) is 0 Å². The SMILES string of the molecule is COCCOC(=O)/C(C#N)=C/Nc1cccc(C)n1. The lowest BCUT2D eigenvalue weighted by Crippen LogP contribution is -2.12. The molecule has 1 aromatic rings. The van der Waals surface area contributed by atoms with E-state index in [-0.39, 0.29) is 18.8 Å². The van der Waals surface area contributed by atoms with E-state index < -0.39 is 5.97 Å². The molecule has 1 aromatic heterocycles. The van der Waals surface area contributed by atoms with Gasteiger partial charge in [0.2, 0.25) is 0 Å². The van der Waals surface area contributed by atoms with Crippen LogP contribution in [0.5, 0.6) is 0 Å². The van der Waals surface area contributed by atoms with Gasteiger partial charge >= 0.3 is 5.97 Å². The van der Waals surface area contributed by atoms with E-state index in [1.807, 2.05) is 19.1 Å². The molecule has 0 aromatic carbocycles. The van der Waals surface area contributed by atoms with Gasteiger partial charge in [-0.1, -0.05) is 6.07 Å². The van der Waals surface area contributed by atoms with E-state index in [4.69, 9.17) is 14.7 Å². The molecule has 0 aliphatic rings. The van der Waals surface area contributed by atoms with Crippen molar-refractivity contribution in [1.29, 1.82) is 5.26 Å². The number of hydrogen-bond donors (Lipinski definition) is 1. The van der Waals surface area contributed by atoms with Gasteiger partial charge < -0.3 is 14.8 Å². The number of esters is 1. The van der Waals surface area contributed by atoms with Crippen molar-refractivity contribution in [1.82, 2.24) is 4.98 Å². The van der Waals surface area contributed by atoms with Crippen molar-refractivity contribution in [3.05, 3.63) is 35.7 Å². The van der Waals surface area contributed by atoms with E-state index in [1.54, 1.807) is 12.1 Å². The fraction of sp³-hybridized carbons (Fsp3) is 0.308. The highest BCUT2D eigenvalue weighted by Gasteiger charge is 2.10. The summed E-state index contributed by atoms with van der Waals surface area (Å²) in [5.41, 5.74) is 0.707. The standard InChI is InChI=1S/C13H15N3O3/c1-10-4-3-5-12(16-10)15-9-11(8-14)13(17)19-7-6-18-2/h3-5,9H,6-7H2,1-2H3,(H,15,16)/b11-9+. The smallest absolute Gasteiger partial charge is 0.350 e. The van der Waals surface area contributed by atoms with Crippen molar-refractivity contribution in [2.24, 2.45) is 0 Å². The molecule has 0 saturated heterocycles. The number of aryl methyl sites for hydroxylation is 1. The van der Waals surface area contributed by atoms with E-state index in [9.17, 15) is 4.79 Å². The summed E-state index contributed by atoms with van der Waals surface area (Å²) in [5, 5.41) is 11.7. The molecule has 0 spiro atoms. The van der Waals surface area contributed by atoms with E-state index in [2.05, 4.69) is 10.3 Å². The van der Waals surface area contributed by atoms with Crippen molar-refractivity contribution in [3.63, 3.8) is 0 Å². The van der Waals surface area contributed by atoms with Crippen LogP contribution in [0.4, 0.5) is 5.82 Å². The van der Waals surface area contributed by atoms with Gasteiger partial charge in [-0.2, -0.15) is 5.26 Å². The summed E-state index contributed by atoms with van der Waals surface area (Å²) in [6.45, 7) is 2.24. The zero-order chi connectivity index (χ0) is 14.1. The number of aromatic nitrogens is 1. The first kappa shape index (κ1) is 14.7. The van der Waals surface area contributed by atoms with Gasteiger partial charge in [-0.3, -0.25) is 0 Å². The summed E-state index contributed by atoms with van der Waals surface area (Å²) in [7, 11) is 1.50. The van der Waals surface area contributed by atoms with Crippen molar-refractivity contribution in [3.8, 4) is 6.07 Å². The molecule has 0 amide bonds. The maximum Gasteiger partial charge on any atom is 0.350 e. The molecule has 1 N–H and O–H groups in total. The molecule has 6 heteroatoms. The normalized spacial score (nSPS) is 10.7. The van der Waals surface area contributed by atoms with Gasteiger partial charge in [0.25, 0.3) is 0 Å². The lowest BCUT2D eigenvalue weighted by atomic mass is 10.3. The number of carbonyl (C=O) groups is 1. The second-order valence-electron chi connectivity index (χ2n) is 3.61. The lowest BCUT2D eigenvalue weighted by molar-refractivity contribution is -0.139. The third kappa shape index (κ3) is 5.19. The van der Waals surface area contributed by atoms with Crippen molar-refractivity contribution < 1.29 is 14.3 Å². The number of carbonyl (C=O) groups excluding carboxylic acids is 1. The number of pyridine rings is 1. The van der Waals surface area contributed by atoms with Crippen LogP contribution < -0.4 is 5.32 Å². The number of nitriles is 1. The highest BCUT2D eigenvalue weighted by atomic mass is 16.6. The van der Waals surface area contributed by atoms with Gasteiger partial charge in [0, 0.05) is 19.0 Å². The number of nitrogens with one attached hydrogen (secondary N) is 1. The zero-order valence-electron chi connectivity index (χ0n) is 10.8. The minimum absolute atomic E-state index is 0.108. The molecule has 100 valence electrons. The quantitative estimate of drug-likeness (QED) is 0.360. The molecule has 0 bridgehead atoms. The lowest BCUT2D eigenvalue weighted by Gasteiger charge is -2.04. The van der Waals surface area contributed by atoms with Gasteiger partial charge in [0.1, 0.15) is 18.5 Å². The first-order valence-corrected chi connectivity index (χ1v) is 5.64. The number of methoxy groups -OCH3 is 1. The predicted octanol–water partition coefficient (Wildman–Crippen LogP) is 1.40. The Morgan fingerprint density at radius 1 is 1.53 bits per heavy atom. The van der Waals surface area contributed by atoms with Crippen LogP contribution in [0.25, 0.3) is 0 Å². The molecule has 0 aliphatic heterocycles. The summed E-state index contributed by atoms with van der Waals surface area (Å²) >= 11 is 0. The van der Waals surface area contributed by atoms with E-state index >= 15 is 0 Å². The van der Waals surface area contributed by atoms with Crippen LogP contribution in [0, 0.1) is 18.3 Å². The fourth-order valence-corrected chi connectivity index (χ4v) is 1.20. The van der Waals surface area contributed by atoms with E-state index in [1.165, 1.54) is 13.3 Å². The maximum atomic E-state index is 11.5. The average molecular weight is 261 g/mol. The number of rotatable bonds is 6.